The summed E-state index contributed by atoms with van der Waals surface area (Å²) >= 11 is 0. The number of imidazole rings is 1. The summed E-state index contributed by atoms with van der Waals surface area (Å²) in [7, 11) is 0. The number of nitrogens with one attached hydrogen (secondary N) is 1. The van der Waals surface area contributed by atoms with Gasteiger partial charge in [0.25, 0.3) is 5.91 Å². The highest BCUT2D eigenvalue weighted by atomic mass is 16.5. The fourth-order valence-corrected chi connectivity index (χ4v) is 3.94. The van der Waals surface area contributed by atoms with Gasteiger partial charge in [-0.1, -0.05) is 30.3 Å². The molecule has 0 saturated heterocycles. The average molecular weight is 432 g/mol. The maximum atomic E-state index is 12.5. The highest BCUT2D eigenvalue weighted by Crippen LogP contribution is 2.24. The topological polar surface area (TPSA) is 95.1 Å². The first-order chi connectivity index (χ1) is 15.6. The summed E-state index contributed by atoms with van der Waals surface area (Å²) in [5.74, 6) is 1.24. The van der Waals surface area contributed by atoms with Crippen LogP contribution in [0.25, 0.3) is 21.8 Å². The quantitative estimate of drug-likeness (QED) is 0.387. The summed E-state index contributed by atoms with van der Waals surface area (Å²) in [4.78, 5) is 21.5. The number of amides is 1. The van der Waals surface area contributed by atoms with E-state index in [1.165, 1.54) is 0 Å². The minimum Gasteiger partial charge on any atom is -0.382 e. The lowest BCUT2D eigenvalue weighted by Gasteiger charge is -2.11. The molecule has 166 valence electrons. The lowest BCUT2D eigenvalue weighted by molar-refractivity contribution is 0.0953. The molecule has 0 aliphatic rings. The van der Waals surface area contributed by atoms with Crippen molar-refractivity contribution in [3.05, 3.63) is 65.6 Å². The highest BCUT2D eigenvalue weighted by Gasteiger charge is 2.15. The molecule has 0 radical (unpaired) electrons. The van der Waals surface area contributed by atoms with Crippen molar-refractivity contribution >= 4 is 33.5 Å². The van der Waals surface area contributed by atoms with Crippen molar-refractivity contribution in [2.75, 3.05) is 18.9 Å². The van der Waals surface area contributed by atoms with Gasteiger partial charge in [0.1, 0.15) is 17.9 Å². The van der Waals surface area contributed by atoms with Crippen LogP contribution in [0.5, 0.6) is 0 Å². The Kier molecular flexibility index (Phi) is 6.66. The van der Waals surface area contributed by atoms with Gasteiger partial charge in [-0.3, -0.25) is 4.79 Å². The molecule has 7 nitrogen and oxygen atoms in total. The molecule has 2 aromatic heterocycles. The van der Waals surface area contributed by atoms with Crippen LogP contribution >= 0.6 is 0 Å². The van der Waals surface area contributed by atoms with E-state index in [1.54, 1.807) is 6.20 Å². The van der Waals surface area contributed by atoms with E-state index >= 15 is 0 Å². The Morgan fingerprint density at radius 2 is 1.97 bits per heavy atom. The Hall–Kier alpha value is -3.45. The molecular weight excluding hydrogens is 402 g/mol. The van der Waals surface area contributed by atoms with E-state index in [-0.39, 0.29) is 5.91 Å². The van der Waals surface area contributed by atoms with Gasteiger partial charge in [0, 0.05) is 31.5 Å². The van der Waals surface area contributed by atoms with Crippen molar-refractivity contribution in [3.63, 3.8) is 0 Å². The zero-order valence-corrected chi connectivity index (χ0v) is 18.6. The van der Waals surface area contributed by atoms with Gasteiger partial charge >= 0.3 is 0 Å². The van der Waals surface area contributed by atoms with Gasteiger partial charge < -0.3 is 20.4 Å². The number of aromatic nitrogens is 3. The molecule has 2 aromatic carbocycles. The van der Waals surface area contributed by atoms with E-state index in [4.69, 9.17) is 10.5 Å². The molecule has 0 aliphatic carbocycles. The number of nitrogens with zero attached hydrogens (tertiary/aromatic N) is 3. The number of benzene rings is 2. The molecule has 7 heteroatoms. The zero-order chi connectivity index (χ0) is 22.5. The molecule has 0 fully saturated rings. The Labute approximate surface area is 187 Å². The smallest absolute Gasteiger partial charge is 0.251 e. The minimum absolute atomic E-state index is 0.0458. The first kappa shape index (κ1) is 21.8. The van der Waals surface area contributed by atoms with Crippen molar-refractivity contribution in [1.29, 1.82) is 0 Å². The molecule has 3 N–H and O–H groups in total. The lowest BCUT2D eigenvalue weighted by Crippen LogP contribution is -2.24. The fraction of sp³-hybridized carbons (Fsp3) is 0.320. The highest BCUT2D eigenvalue weighted by molar-refractivity contribution is 5.98. The number of fused-ring (bicyclic) bond motifs is 2. The van der Waals surface area contributed by atoms with Gasteiger partial charge in [-0.15, -0.1) is 0 Å². The summed E-state index contributed by atoms with van der Waals surface area (Å²) in [6.07, 6.45) is 3.53. The summed E-state index contributed by atoms with van der Waals surface area (Å²) in [5, 5.41) is 5.23. The number of hydrogen-bond acceptors (Lipinski definition) is 5. The molecule has 0 atom stereocenters. The average Bonchev–Trinajstić information content (AvgIpc) is 3.19. The van der Waals surface area contributed by atoms with Crippen LogP contribution in [0, 0.1) is 6.92 Å². The van der Waals surface area contributed by atoms with Crippen LogP contribution in [0.2, 0.25) is 0 Å². The van der Waals surface area contributed by atoms with Crippen molar-refractivity contribution in [2.45, 2.75) is 39.8 Å². The van der Waals surface area contributed by atoms with Crippen molar-refractivity contribution in [3.8, 4) is 0 Å². The molecule has 0 unspecified atom stereocenters. The summed E-state index contributed by atoms with van der Waals surface area (Å²) in [6, 6.07) is 13.8. The third kappa shape index (κ3) is 4.57. The molecule has 2 heterocycles. The summed E-state index contributed by atoms with van der Waals surface area (Å²) in [5.41, 5.74) is 9.51. The predicted octanol–water partition coefficient (Wildman–Crippen LogP) is 4.22. The Morgan fingerprint density at radius 3 is 2.78 bits per heavy atom. The van der Waals surface area contributed by atoms with E-state index in [9.17, 15) is 4.79 Å². The lowest BCUT2D eigenvalue weighted by atomic mass is 10.1. The van der Waals surface area contributed by atoms with Crippen LogP contribution in [0.4, 0.5) is 5.82 Å². The van der Waals surface area contributed by atoms with Crippen LogP contribution in [-0.4, -0.2) is 33.6 Å². The van der Waals surface area contributed by atoms with E-state index < -0.39 is 0 Å². The first-order valence-corrected chi connectivity index (χ1v) is 11.0. The number of rotatable bonds is 9. The Balaban J connectivity index is 1.37. The van der Waals surface area contributed by atoms with Gasteiger partial charge in [0.15, 0.2) is 5.82 Å². The molecule has 0 bridgehead atoms. The van der Waals surface area contributed by atoms with Crippen molar-refractivity contribution in [2.24, 2.45) is 0 Å². The van der Waals surface area contributed by atoms with Crippen molar-refractivity contribution < 1.29 is 9.53 Å². The van der Waals surface area contributed by atoms with Gasteiger partial charge in [-0.25, -0.2) is 9.97 Å². The standard InChI is InChI=1S/C25H29N5O2/c1-3-32-16-21-29-22-23(17(2)15-28-24(22)26)30(21)13-7-6-12-27-25(31)20-11-10-18-8-4-5-9-19(18)14-20/h4-5,8-11,14-15H,3,6-7,12-13,16H2,1-2H3,(H2,26,28)(H,27,31). The third-order valence-corrected chi connectivity index (χ3v) is 5.60. The second-order valence-corrected chi connectivity index (χ2v) is 7.87. The molecule has 0 aliphatic heterocycles. The van der Waals surface area contributed by atoms with Gasteiger partial charge in [0.05, 0.1) is 5.52 Å². The zero-order valence-electron chi connectivity index (χ0n) is 18.6. The van der Waals surface area contributed by atoms with Gasteiger partial charge in [0.2, 0.25) is 0 Å². The normalized spacial score (nSPS) is 11.3. The largest absolute Gasteiger partial charge is 0.382 e. The number of carbonyl (C=O) groups is 1. The van der Waals surface area contributed by atoms with Crippen LogP contribution in [0.15, 0.2) is 48.7 Å². The van der Waals surface area contributed by atoms with E-state index in [1.807, 2.05) is 56.3 Å². The van der Waals surface area contributed by atoms with Gasteiger partial charge in [-0.05, 0) is 55.2 Å². The number of pyridine rings is 1. The number of nitrogens with two attached hydrogens (primary N) is 1. The maximum Gasteiger partial charge on any atom is 0.251 e. The molecule has 4 rings (SSSR count). The van der Waals surface area contributed by atoms with E-state index in [0.717, 1.165) is 52.6 Å². The molecular formula is C25H29N5O2. The summed E-state index contributed by atoms with van der Waals surface area (Å²) in [6.45, 7) is 6.42. The number of nitrogen functional groups attached to an aromatic ring is 1. The third-order valence-electron chi connectivity index (χ3n) is 5.60. The Morgan fingerprint density at radius 1 is 1.16 bits per heavy atom. The van der Waals surface area contributed by atoms with E-state index in [0.29, 0.717) is 31.1 Å². The molecule has 0 spiro atoms. The first-order valence-electron chi connectivity index (χ1n) is 11.0. The fourth-order valence-electron chi connectivity index (χ4n) is 3.94. The van der Waals surface area contributed by atoms with Crippen LogP contribution in [0.1, 0.15) is 41.5 Å². The summed E-state index contributed by atoms with van der Waals surface area (Å²) < 4.78 is 7.78. The number of unbranched alkanes of at least 4 members (excludes halogenated alkanes) is 1. The van der Waals surface area contributed by atoms with Crippen LogP contribution < -0.4 is 11.1 Å². The number of anilines is 1. The number of carbonyl (C=O) groups excluding carboxylic acids is 1. The minimum atomic E-state index is -0.0458. The maximum absolute atomic E-state index is 12.5. The second-order valence-electron chi connectivity index (χ2n) is 7.87. The molecule has 0 saturated carbocycles. The van der Waals surface area contributed by atoms with Crippen LogP contribution in [-0.2, 0) is 17.9 Å². The number of ether oxygens (including phenoxy) is 1. The van der Waals surface area contributed by atoms with Crippen LogP contribution in [0.3, 0.4) is 0 Å². The SMILES string of the molecule is CCOCc1nc2c(N)ncc(C)c2n1CCCCNC(=O)c1ccc2ccccc2c1. The monoisotopic (exact) mass is 431 g/mol. The number of aryl methyl sites for hydroxylation is 2. The van der Waals surface area contributed by atoms with Crippen molar-refractivity contribution in [1.82, 2.24) is 19.9 Å². The predicted molar refractivity (Wildman–Crippen MR) is 128 cm³/mol. The molecule has 32 heavy (non-hydrogen) atoms. The molecule has 1 amide bonds. The Bertz CT molecular complexity index is 1250. The second kappa shape index (κ2) is 9.78. The number of hydrogen-bond donors (Lipinski definition) is 2. The molecule has 4 aromatic rings. The van der Waals surface area contributed by atoms with Gasteiger partial charge in [-0.2, -0.15) is 0 Å². The van der Waals surface area contributed by atoms with E-state index in [2.05, 4.69) is 19.9 Å².